The van der Waals surface area contributed by atoms with Gasteiger partial charge < -0.3 is 5.32 Å². The average molecular weight is 515 g/mol. The van der Waals surface area contributed by atoms with Crippen LogP contribution in [-0.4, -0.2) is 34.3 Å². The van der Waals surface area contributed by atoms with Crippen molar-refractivity contribution in [1.82, 2.24) is 20.0 Å². The van der Waals surface area contributed by atoms with Crippen LogP contribution in [0.1, 0.15) is 36.6 Å². The molecule has 2 heterocycles. The average Bonchev–Trinajstić information content (AvgIpc) is 3.52. The zero-order valence-corrected chi connectivity index (χ0v) is 19.0. The first kappa shape index (κ1) is 24.0. The highest BCUT2D eigenvalue weighted by Gasteiger charge is 2.37. The molecule has 1 aliphatic carbocycles. The first-order valence-electron chi connectivity index (χ1n) is 10.1. The van der Waals surface area contributed by atoms with Gasteiger partial charge in [-0.3, -0.25) is 14.2 Å². The van der Waals surface area contributed by atoms with Crippen LogP contribution < -0.4 is 10.0 Å². The molecule has 34 heavy (non-hydrogen) atoms. The van der Waals surface area contributed by atoms with Crippen LogP contribution in [0.25, 0.3) is 0 Å². The highest BCUT2D eigenvalue weighted by atomic mass is 35.5. The predicted octanol–water partition coefficient (Wildman–Crippen LogP) is 4.05. The molecular formula is C20H18ClF3N6O3S. The van der Waals surface area contributed by atoms with Crippen molar-refractivity contribution in [2.45, 2.75) is 42.8 Å². The summed E-state index contributed by atoms with van der Waals surface area (Å²) in [5.41, 5.74) is -0.161. The minimum atomic E-state index is -4.55. The number of carbonyl (C=O) groups is 1. The number of halogens is 4. The van der Waals surface area contributed by atoms with E-state index in [0.29, 0.717) is 11.4 Å². The Morgan fingerprint density at radius 2 is 1.82 bits per heavy atom. The highest BCUT2D eigenvalue weighted by molar-refractivity contribution is 7.92. The van der Waals surface area contributed by atoms with E-state index in [9.17, 15) is 26.4 Å². The highest BCUT2D eigenvalue weighted by Crippen LogP contribution is 2.42. The minimum Gasteiger partial charge on any atom is -0.326 e. The lowest BCUT2D eigenvalue weighted by Gasteiger charge is -2.10. The molecule has 2 N–H and O–H groups in total. The smallest absolute Gasteiger partial charge is 0.326 e. The van der Waals surface area contributed by atoms with E-state index in [1.165, 1.54) is 41.1 Å². The second kappa shape index (κ2) is 9.22. The van der Waals surface area contributed by atoms with E-state index in [2.05, 4.69) is 25.3 Å². The summed E-state index contributed by atoms with van der Waals surface area (Å²) in [5.74, 6) is -0.427. The van der Waals surface area contributed by atoms with Crippen LogP contribution in [-0.2, 0) is 27.5 Å². The number of sulfonamides is 1. The SMILES string of the molecule is O=C(CCn1nc(C(F)(F)F)cc1C1CC1)Nc1ccc(S(=O)(=O)Nc2ccc(Cl)nn2)cc1. The Bertz CT molecular complexity index is 1290. The number of benzene rings is 1. The summed E-state index contributed by atoms with van der Waals surface area (Å²) in [5, 5.41) is 13.5. The van der Waals surface area contributed by atoms with Gasteiger partial charge in [0.15, 0.2) is 16.7 Å². The summed E-state index contributed by atoms with van der Waals surface area (Å²) >= 11 is 5.62. The van der Waals surface area contributed by atoms with Crippen LogP contribution in [0.2, 0.25) is 5.15 Å². The van der Waals surface area contributed by atoms with Gasteiger partial charge in [0.25, 0.3) is 10.0 Å². The molecule has 3 aromatic rings. The first-order valence-corrected chi connectivity index (χ1v) is 11.9. The Morgan fingerprint density at radius 1 is 1.12 bits per heavy atom. The molecule has 0 atom stereocenters. The fourth-order valence-electron chi connectivity index (χ4n) is 3.17. The zero-order chi connectivity index (χ0) is 24.5. The second-order valence-corrected chi connectivity index (χ2v) is 9.69. The zero-order valence-electron chi connectivity index (χ0n) is 17.4. The van der Waals surface area contributed by atoms with Gasteiger partial charge in [-0.25, -0.2) is 8.42 Å². The molecule has 0 unspecified atom stereocenters. The van der Waals surface area contributed by atoms with Gasteiger partial charge in [0, 0.05) is 30.3 Å². The number of aromatic nitrogens is 4. The first-order chi connectivity index (χ1) is 16.0. The third kappa shape index (κ3) is 5.83. The van der Waals surface area contributed by atoms with Crippen LogP contribution in [0.5, 0.6) is 0 Å². The number of anilines is 2. The summed E-state index contributed by atoms with van der Waals surface area (Å²) in [6.07, 6.45) is -3.06. The maximum Gasteiger partial charge on any atom is 0.435 e. The van der Waals surface area contributed by atoms with Crippen LogP contribution in [0, 0.1) is 0 Å². The largest absolute Gasteiger partial charge is 0.435 e. The van der Waals surface area contributed by atoms with Crippen molar-refractivity contribution in [2.75, 3.05) is 10.0 Å². The Balaban J connectivity index is 1.36. The van der Waals surface area contributed by atoms with Crippen molar-refractivity contribution in [3.05, 3.63) is 59.0 Å². The van der Waals surface area contributed by atoms with E-state index in [1.54, 1.807) is 0 Å². The lowest BCUT2D eigenvalue weighted by atomic mass is 10.2. The van der Waals surface area contributed by atoms with Gasteiger partial charge in [-0.15, -0.1) is 10.2 Å². The molecule has 1 aromatic carbocycles. The van der Waals surface area contributed by atoms with Crippen molar-refractivity contribution < 1.29 is 26.4 Å². The van der Waals surface area contributed by atoms with E-state index in [4.69, 9.17) is 11.6 Å². The van der Waals surface area contributed by atoms with E-state index in [-0.39, 0.29) is 34.7 Å². The normalized spacial score (nSPS) is 14.1. The standard InChI is InChI=1S/C20H18ClF3N6O3S/c21-17-7-8-18(27-26-17)29-34(32,33)14-5-3-13(4-6-14)25-19(31)9-10-30-15(12-1-2-12)11-16(28-30)20(22,23)24/h3-8,11-12H,1-2,9-10H2,(H,25,31)(H,27,29). The summed E-state index contributed by atoms with van der Waals surface area (Å²) in [6.45, 7) is -0.00768. The third-order valence-electron chi connectivity index (χ3n) is 4.97. The van der Waals surface area contributed by atoms with Crippen LogP contribution in [0.4, 0.5) is 24.7 Å². The number of aryl methyl sites for hydroxylation is 1. The van der Waals surface area contributed by atoms with Gasteiger partial charge in [-0.1, -0.05) is 11.6 Å². The number of rotatable bonds is 8. The fraction of sp³-hybridized carbons (Fsp3) is 0.300. The van der Waals surface area contributed by atoms with Crippen molar-refractivity contribution in [3.63, 3.8) is 0 Å². The molecule has 4 rings (SSSR count). The summed E-state index contributed by atoms with van der Waals surface area (Å²) < 4.78 is 67.4. The molecule has 14 heteroatoms. The van der Waals surface area contributed by atoms with Crippen LogP contribution >= 0.6 is 11.6 Å². The van der Waals surface area contributed by atoms with E-state index in [1.807, 2.05) is 0 Å². The molecule has 9 nitrogen and oxygen atoms in total. The van der Waals surface area contributed by atoms with Crippen molar-refractivity contribution in [3.8, 4) is 0 Å². The maximum absolute atomic E-state index is 13.0. The van der Waals surface area contributed by atoms with Crippen LogP contribution in [0.3, 0.4) is 0 Å². The topological polar surface area (TPSA) is 119 Å². The molecule has 1 fully saturated rings. The second-order valence-electron chi connectivity index (χ2n) is 7.62. The lowest BCUT2D eigenvalue weighted by molar-refractivity contribution is -0.141. The Kier molecular flexibility index (Phi) is 6.49. The molecule has 1 aliphatic rings. The molecule has 1 saturated carbocycles. The quantitative estimate of drug-likeness (QED) is 0.468. The Morgan fingerprint density at radius 3 is 2.41 bits per heavy atom. The molecule has 180 valence electrons. The molecule has 0 aliphatic heterocycles. The molecule has 0 spiro atoms. The Hall–Kier alpha value is -3.19. The number of alkyl halides is 3. The van der Waals surface area contributed by atoms with Gasteiger partial charge in [-0.05, 0) is 55.3 Å². The van der Waals surface area contributed by atoms with Gasteiger partial charge in [-0.2, -0.15) is 18.3 Å². The van der Waals surface area contributed by atoms with Crippen molar-refractivity contribution in [2.24, 2.45) is 0 Å². The van der Waals surface area contributed by atoms with Gasteiger partial charge in [0.2, 0.25) is 5.91 Å². The van der Waals surface area contributed by atoms with E-state index in [0.717, 1.165) is 18.9 Å². The monoisotopic (exact) mass is 514 g/mol. The Labute approximate surface area is 197 Å². The molecule has 0 bridgehead atoms. The summed E-state index contributed by atoms with van der Waals surface area (Å²) in [4.78, 5) is 12.2. The predicted molar refractivity (Wildman–Crippen MR) is 117 cm³/mol. The lowest BCUT2D eigenvalue weighted by Crippen LogP contribution is -2.17. The molecule has 0 radical (unpaired) electrons. The molecular weight excluding hydrogens is 497 g/mol. The van der Waals surface area contributed by atoms with Gasteiger partial charge in [0.05, 0.1) is 4.90 Å². The summed E-state index contributed by atoms with van der Waals surface area (Å²) in [6, 6.07) is 9.14. The third-order valence-corrected chi connectivity index (χ3v) is 6.54. The number of amides is 1. The molecule has 0 saturated heterocycles. The molecule has 2 aromatic heterocycles. The van der Waals surface area contributed by atoms with Crippen molar-refractivity contribution in [1.29, 1.82) is 0 Å². The van der Waals surface area contributed by atoms with Crippen LogP contribution in [0.15, 0.2) is 47.4 Å². The van der Waals surface area contributed by atoms with Gasteiger partial charge >= 0.3 is 6.18 Å². The van der Waals surface area contributed by atoms with E-state index < -0.39 is 27.8 Å². The number of hydrogen-bond donors (Lipinski definition) is 2. The van der Waals surface area contributed by atoms with Crippen molar-refractivity contribution >= 4 is 39.0 Å². The number of nitrogens with zero attached hydrogens (tertiary/aromatic N) is 4. The minimum absolute atomic E-state index is 0.00768. The number of hydrogen-bond acceptors (Lipinski definition) is 6. The van der Waals surface area contributed by atoms with Gasteiger partial charge in [0.1, 0.15) is 0 Å². The fourth-order valence-corrected chi connectivity index (χ4v) is 4.27. The summed E-state index contributed by atoms with van der Waals surface area (Å²) in [7, 11) is -3.95. The maximum atomic E-state index is 13.0. The van der Waals surface area contributed by atoms with E-state index >= 15 is 0 Å². The molecule has 1 amide bonds. The number of nitrogens with one attached hydrogen (secondary N) is 2. The number of carbonyl (C=O) groups excluding carboxylic acids is 1.